The molecule has 0 fully saturated rings. The summed E-state index contributed by atoms with van der Waals surface area (Å²) in [6.45, 7) is 2.43. The van der Waals surface area contributed by atoms with Crippen LogP contribution in [0.4, 0.5) is 13.2 Å². The third-order valence-corrected chi connectivity index (χ3v) is 6.90. The van der Waals surface area contributed by atoms with Crippen molar-refractivity contribution in [3.63, 3.8) is 0 Å². The van der Waals surface area contributed by atoms with Crippen LogP contribution in [0.25, 0.3) is 22.0 Å². The first kappa shape index (κ1) is 24.9. The van der Waals surface area contributed by atoms with E-state index in [0.29, 0.717) is 11.3 Å². The zero-order chi connectivity index (χ0) is 25.4. The van der Waals surface area contributed by atoms with Crippen molar-refractivity contribution in [2.24, 2.45) is 0 Å². The second kappa shape index (κ2) is 9.13. The maximum atomic E-state index is 14.4. The number of aliphatic hydroxyl groups is 1. The van der Waals surface area contributed by atoms with Gasteiger partial charge in [-0.3, -0.25) is 9.48 Å². The molecule has 35 heavy (non-hydrogen) atoms. The molecular weight excluding hydrogens is 477 g/mol. The number of halogens is 3. The Balaban J connectivity index is 1.77. The number of rotatable bonds is 7. The molecule has 0 saturated heterocycles. The minimum atomic E-state index is -4.96. The second-order valence-corrected chi connectivity index (χ2v) is 9.98. The topological polar surface area (TPSA) is 64.3 Å². The molecule has 0 saturated carbocycles. The van der Waals surface area contributed by atoms with E-state index in [0.717, 1.165) is 22.0 Å². The van der Waals surface area contributed by atoms with Crippen LogP contribution in [0.15, 0.2) is 70.3 Å². The van der Waals surface area contributed by atoms with Crippen LogP contribution in [0.2, 0.25) is 0 Å². The standard InChI is InChI=1S/C26H25F3N2O3S/c1-24(2,20-12-17(8-9-23(20)34-3)18-10-11-35-14-18)15-25(33,26(27,28)29)16-31-21-7-5-4-6-19(21)22(32)13-30-31/h4-14,33H,15-16H2,1-3H3. The van der Waals surface area contributed by atoms with E-state index < -0.39 is 35.6 Å². The largest absolute Gasteiger partial charge is 0.496 e. The molecule has 1 unspecified atom stereocenters. The molecular formula is C26H25F3N2O3S. The van der Waals surface area contributed by atoms with Crippen LogP contribution in [0.5, 0.6) is 5.75 Å². The summed E-state index contributed by atoms with van der Waals surface area (Å²) < 4.78 is 49.8. The summed E-state index contributed by atoms with van der Waals surface area (Å²) in [6.07, 6.45) is -4.65. The Morgan fingerprint density at radius 3 is 2.49 bits per heavy atom. The average Bonchev–Trinajstić information content (AvgIpc) is 3.35. The van der Waals surface area contributed by atoms with Gasteiger partial charge in [0.2, 0.25) is 5.43 Å². The van der Waals surface area contributed by atoms with Gasteiger partial charge in [-0.2, -0.15) is 29.6 Å². The molecule has 1 atom stereocenters. The minimum Gasteiger partial charge on any atom is -0.496 e. The molecule has 0 aliphatic heterocycles. The van der Waals surface area contributed by atoms with Crippen LogP contribution in [-0.2, 0) is 12.0 Å². The lowest BCUT2D eigenvalue weighted by atomic mass is 9.74. The minimum absolute atomic E-state index is 0.220. The molecule has 1 N–H and O–H groups in total. The molecule has 2 aromatic heterocycles. The fraction of sp³-hybridized carbons (Fsp3) is 0.308. The normalized spacial score (nSPS) is 14.1. The zero-order valence-electron chi connectivity index (χ0n) is 19.5. The third-order valence-electron chi connectivity index (χ3n) is 6.22. The van der Waals surface area contributed by atoms with E-state index in [1.807, 2.05) is 29.0 Å². The number of thiophene rings is 1. The summed E-state index contributed by atoms with van der Waals surface area (Å²) >= 11 is 1.52. The second-order valence-electron chi connectivity index (χ2n) is 9.20. The van der Waals surface area contributed by atoms with Gasteiger partial charge in [0.1, 0.15) is 5.75 Å². The summed E-state index contributed by atoms with van der Waals surface area (Å²) in [5.41, 5.74) is -2.12. The van der Waals surface area contributed by atoms with Crippen molar-refractivity contribution in [1.29, 1.82) is 0 Å². The molecule has 0 amide bonds. The molecule has 2 aromatic carbocycles. The molecule has 0 radical (unpaired) electrons. The molecule has 0 aliphatic rings. The highest BCUT2D eigenvalue weighted by molar-refractivity contribution is 7.08. The predicted octanol–water partition coefficient (Wildman–Crippen LogP) is 5.79. The summed E-state index contributed by atoms with van der Waals surface area (Å²) in [4.78, 5) is 12.1. The van der Waals surface area contributed by atoms with E-state index in [-0.39, 0.29) is 10.9 Å². The summed E-state index contributed by atoms with van der Waals surface area (Å²) in [5.74, 6) is 0.436. The van der Waals surface area contributed by atoms with Crippen molar-refractivity contribution in [3.05, 3.63) is 81.3 Å². The Bertz CT molecular complexity index is 1400. The van der Waals surface area contributed by atoms with Crippen molar-refractivity contribution in [2.75, 3.05) is 7.11 Å². The van der Waals surface area contributed by atoms with Gasteiger partial charge in [-0.1, -0.05) is 32.0 Å². The highest BCUT2D eigenvalue weighted by Crippen LogP contribution is 2.45. The van der Waals surface area contributed by atoms with Gasteiger partial charge >= 0.3 is 6.18 Å². The highest BCUT2D eigenvalue weighted by atomic mass is 32.1. The maximum Gasteiger partial charge on any atom is 0.419 e. The quantitative estimate of drug-likeness (QED) is 0.347. The lowest BCUT2D eigenvalue weighted by Gasteiger charge is -2.38. The van der Waals surface area contributed by atoms with E-state index >= 15 is 0 Å². The zero-order valence-corrected chi connectivity index (χ0v) is 20.3. The summed E-state index contributed by atoms with van der Waals surface area (Å²) in [7, 11) is 1.46. The summed E-state index contributed by atoms with van der Waals surface area (Å²) in [5, 5.41) is 19.2. The number of nitrogens with zero attached hydrogens (tertiary/aromatic N) is 2. The van der Waals surface area contributed by atoms with Gasteiger partial charge in [-0.25, -0.2) is 0 Å². The van der Waals surface area contributed by atoms with E-state index in [1.54, 1.807) is 32.0 Å². The van der Waals surface area contributed by atoms with Crippen LogP contribution in [0.1, 0.15) is 25.8 Å². The van der Waals surface area contributed by atoms with Crippen molar-refractivity contribution in [2.45, 2.75) is 44.0 Å². The van der Waals surface area contributed by atoms with Gasteiger partial charge < -0.3 is 9.84 Å². The first-order valence-corrected chi connectivity index (χ1v) is 11.8. The number of para-hydroxylation sites is 1. The van der Waals surface area contributed by atoms with Gasteiger partial charge in [0.15, 0.2) is 5.60 Å². The van der Waals surface area contributed by atoms with Crippen molar-refractivity contribution in [3.8, 4) is 16.9 Å². The Labute approximate surface area is 204 Å². The molecule has 2 heterocycles. The number of benzene rings is 2. The molecule has 0 bridgehead atoms. The predicted molar refractivity (Wildman–Crippen MR) is 131 cm³/mol. The maximum absolute atomic E-state index is 14.4. The van der Waals surface area contributed by atoms with E-state index in [1.165, 1.54) is 30.6 Å². The SMILES string of the molecule is COc1ccc(-c2ccsc2)cc1C(C)(C)CC(O)(Cn1ncc(=O)c2ccccc21)C(F)(F)F. The molecule has 184 valence electrons. The fourth-order valence-corrected chi connectivity index (χ4v) is 5.12. The van der Waals surface area contributed by atoms with Crippen molar-refractivity contribution >= 4 is 22.2 Å². The van der Waals surface area contributed by atoms with Gasteiger partial charge in [0.05, 0.1) is 25.4 Å². The lowest BCUT2D eigenvalue weighted by molar-refractivity contribution is -0.272. The number of alkyl halides is 3. The van der Waals surface area contributed by atoms with Crippen molar-refractivity contribution < 1.29 is 23.0 Å². The van der Waals surface area contributed by atoms with Gasteiger partial charge in [-0.15, -0.1) is 0 Å². The van der Waals surface area contributed by atoms with Gasteiger partial charge in [-0.05, 0) is 64.1 Å². The molecule has 0 aliphatic carbocycles. The number of methoxy groups -OCH3 is 1. The average molecular weight is 503 g/mol. The Hall–Kier alpha value is -3.17. The Morgan fingerprint density at radius 2 is 1.83 bits per heavy atom. The Kier molecular flexibility index (Phi) is 6.50. The number of hydrogen-bond donors (Lipinski definition) is 1. The molecule has 9 heteroatoms. The fourth-order valence-electron chi connectivity index (χ4n) is 4.45. The number of ether oxygens (including phenoxy) is 1. The first-order chi connectivity index (χ1) is 16.4. The van der Waals surface area contributed by atoms with E-state index in [4.69, 9.17) is 4.74 Å². The van der Waals surface area contributed by atoms with Gasteiger partial charge in [0, 0.05) is 10.9 Å². The van der Waals surface area contributed by atoms with Crippen LogP contribution in [0, 0.1) is 0 Å². The van der Waals surface area contributed by atoms with Crippen LogP contribution >= 0.6 is 11.3 Å². The van der Waals surface area contributed by atoms with E-state index in [9.17, 15) is 23.1 Å². The third kappa shape index (κ3) is 4.83. The smallest absolute Gasteiger partial charge is 0.419 e. The van der Waals surface area contributed by atoms with Crippen molar-refractivity contribution in [1.82, 2.24) is 9.78 Å². The van der Waals surface area contributed by atoms with Crippen LogP contribution in [0.3, 0.4) is 0 Å². The molecule has 4 rings (SSSR count). The van der Waals surface area contributed by atoms with Crippen LogP contribution < -0.4 is 10.2 Å². The lowest BCUT2D eigenvalue weighted by Crippen LogP contribution is -2.52. The molecule has 0 spiro atoms. The van der Waals surface area contributed by atoms with Gasteiger partial charge in [0.25, 0.3) is 0 Å². The Morgan fingerprint density at radius 1 is 1.09 bits per heavy atom. The van der Waals surface area contributed by atoms with E-state index in [2.05, 4.69) is 5.10 Å². The highest BCUT2D eigenvalue weighted by Gasteiger charge is 2.56. The van der Waals surface area contributed by atoms with Crippen LogP contribution in [-0.4, -0.2) is 33.8 Å². The monoisotopic (exact) mass is 502 g/mol. The number of hydrogen-bond acceptors (Lipinski definition) is 5. The molecule has 4 aromatic rings. The first-order valence-electron chi connectivity index (χ1n) is 10.9. The molecule has 5 nitrogen and oxygen atoms in total. The summed E-state index contributed by atoms with van der Waals surface area (Å²) in [6, 6.07) is 13.6. The number of aromatic nitrogens is 2. The number of fused-ring (bicyclic) bond motifs is 1.